The maximum Gasteiger partial charge on any atom is 0.298 e. The number of benzene rings is 1. The Bertz CT molecular complexity index is 847. The van der Waals surface area contributed by atoms with Gasteiger partial charge in [0.05, 0.1) is 0 Å². The molecule has 0 saturated carbocycles. The molecule has 0 atom stereocenters. The van der Waals surface area contributed by atoms with Crippen LogP contribution >= 0.6 is 0 Å². The van der Waals surface area contributed by atoms with Gasteiger partial charge in [-0.1, -0.05) is 26.0 Å². The first-order chi connectivity index (χ1) is 12.1. The monoisotopic (exact) mass is 337 g/mol. The number of aryl methyl sites for hydroxylation is 1. The lowest BCUT2D eigenvalue weighted by Crippen LogP contribution is -2.47. The summed E-state index contributed by atoms with van der Waals surface area (Å²) in [5.41, 5.74) is 2.77. The van der Waals surface area contributed by atoms with E-state index in [9.17, 15) is 0 Å². The van der Waals surface area contributed by atoms with Gasteiger partial charge in [0.1, 0.15) is 17.2 Å². The number of piperazine rings is 1. The van der Waals surface area contributed by atoms with Crippen LogP contribution in [-0.4, -0.2) is 41.1 Å². The Morgan fingerprint density at radius 1 is 0.960 bits per heavy atom. The van der Waals surface area contributed by atoms with Gasteiger partial charge in [0.2, 0.25) is 0 Å². The lowest BCUT2D eigenvalue weighted by atomic mass is 10.2. The van der Waals surface area contributed by atoms with Crippen molar-refractivity contribution in [1.82, 2.24) is 15.0 Å². The van der Waals surface area contributed by atoms with Crippen LogP contribution in [0, 0.1) is 6.92 Å². The average molecular weight is 337 g/mol. The standard InChI is InChI=1S/C19H23N5O/c1-13(2)18-20-14(3)12-17(22-18)23-8-10-24(11-9-23)19-21-15-6-4-5-7-16(15)25-19/h4-7,12-13H,8-11H2,1-3H3. The van der Waals surface area contributed by atoms with E-state index < -0.39 is 0 Å². The number of oxazole rings is 1. The fourth-order valence-corrected chi connectivity index (χ4v) is 3.12. The third kappa shape index (κ3) is 3.16. The van der Waals surface area contributed by atoms with Crippen molar-refractivity contribution in [1.29, 1.82) is 0 Å². The molecule has 0 spiro atoms. The second-order valence-corrected chi connectivity index (χ2v) is 6.82. The molecule has 0 N–H and O–H groups in total. The maximum atomic E-state index is 5.89. The van der Waals surface area contributed by atoms with Gasteiger partial charge in [0.25, 0.3) is 6.01 Å². The molecule has 3 heterocycles. The number of para-hydroxylation sites is 2. The lowest BCUT2D eigenvalue weighted by Gasteiger charge is -2.34. The summed E-state index contributed by atoms with van der Waals surface area (Å²) < 4.78 is 5.89. The van der Waals surface area contributed by atoms with E-state index in [1.165, 1.54) is 0 Å². The quantitative estimate of drug-likeness (QED) is 0.730. The van der Waals surface area contributed by atoms with Gasteiger partial charge in [0.15, 0.2) is 5.58 Å². The molecule has 0 aliphatic carbocycles. The van der Waals surface area contributed by atoms with E-state index in [0.717, 1.165) is 54.6 Å². The van der Waals surface area contributed by atoms with Gasteiger partial charge < -0.3 is 14.2 Å². The minimum atomic E-state index is 0.333. The number of nitrogens with zero attached hydrogens (tertiary/aromatic N) is 5. The van der Waals surface area contributed by atoms with Crippen molar-refractivity contribution >= 4 is 22.9 Å². The van der Waals surface area contributed by atoms with Gasteiger partial charge in [-0.3, -0.25) is 0 Å². The smallest absolute Gasteiger partial charge is 0.298 e. The Kier molecular flexibility index (Phi) is 4.03. The molecular weight excluding hydrogens is 314 g/mol. The van der Waals surface area contributed by atoms with Gasteiger partial charge in [0, 0.05) is 43.9 Å². The molecule has 25 heavy (non-hydrogen) atoms. The Labute approximate surface area is 147 Å². The number of hydrogen-bond donors (Lipinski definition) is 0. The summed E-state index contributed by atoms with van der Waals surface area (Å²) in [4.78, 5) is 18.4. The predicted octanol–water partition coefficient (Wildman–Crippen LogP) is 3.38. The highest BCUT2D eigenvalue weighted by Crippen LogP contribution is 2.24. The molecule has 4 rings (SSSR count). The molecule has 1 aliphatic heterocycles. The Balaban J connectivity index is 1.49. The first-order valence-electron chi connectivity index (χ1n) is 8.81. The molecule has 1 saturated heterocycles. The number of rotatable bonds is 3. The highest BCUT2D eigenvalue weighted by molar-refractivity contribution is 5.74. The van der Waals surface area contributed by atoms with E-state index in [1.807, 2.05) is 31.2 Å². The molecule has 1 fully saturated rings. The number of fused-ring (bicyclic) bond motifs is 1. The van der Waals surface area contributed by atoms with E-state index in [1.54, 1.807) is 0 Å². The van der Waals surface area contributed by atoms with Gasteiger partial charge >= 0.3 is 0 Å². The summed E-state index contributed by atoms with van der Waals surface area (Å²) in [5, 5.41) is 0. The molecule has 1 aliphatic rings. The lowest BCUT2D eigenvalue weighted by molar-refractivity contribution is 0.540. The average Bonchev–Trinajstić information content (AvgIpc) is 3.05. The molecule has 0 unspecified atom stereocenters. The molecule has 2 aromatic heterocycles. The molecule has 6 heteroatoms. The van der Waals surface area contributed by atoms with Crippen LogP contribution in [0.1, 0.15) is 31.3 Å². The predicted molar refractivity (Wildman–Crippen MR) is 99.3 cm³/mol. The maximum absolute atomic E-state index is 5.89. The van der Waals surface area contributed by atoms with E-state index >= 15 is 0 Å². The van der Waals surface area contributed by atoms with E-state index in [0.29, 0.717) is 11.9 Å². The van der Waals surface area contributed by atoms with Crippen LogP contribution in [0.25, 0.3) is 11.1 Å². The largest absolute Gasteiger partial charge is 0.423 e. The molecule has 1 aromatic carbocycles. The summed E-state index contributed by atoms with van der Waals surface area (Å²) in [5.74, 6) is 2.27. The van der Waals surface area contributed by atoms with E-state index in [-0.39, 0.29) is 0 Å². The van der Waals surface area contributed by atoms with Crippen molar-refractivity contribution < 1.29 is 4.42 Å². The van der Waals surface area contributed by atoms with Crippen LogP contribution in [0.2, 0.25) is 0 Å². The van der Waals surface area contributed by atoms with Gasteiger partial charge in [-0.25, -0.2) is 9.97 Å². The van der Waals surface area contributed by atoms with Crippen LogP contribution in [-0.2, 0) is 0 Å². The van der Waals surface area contributed by atoms with Crippen LogP contribution < -0.4 is 9.80 Å². The minimum absolute atomic E-state index is 0.333. The molecule has 0 radical (unpaired) electrons. The molecule has 3 aromatic rings. The van der Waals surface area contributed by atoms with Crippen molar-refractivity contribution in [3.05, 3.63) is 41.9 Å². The normalized spacial score (nSPS) is 15.4. The van der Waals surface area contributed by atoms with Crippen LogP contribution in [0.3, 0.4) is 0 Å². The number of hydrogen-bond acceptors (Lipinski definition) is 6. The van der Waals surface area contributed by atoms with Gasteiger partial charge in [-0.15, -0.1) is 0 Å². The number of aromatic nitrogens is 3. The third-order valence-corrected chi connectivity index (χ3v) is 4.53. The van der Waals surface area contributed by atoms with Gasteiger partial charge in [-0.05, 0) is 19.1 Å². The first kappa shape index (κ1) is 15.9. The molecule has 130 valence electrons. The topological polar surface area (TPSA) is 58.3 Å². The van der Waals surface area contributed by atoms with Gasteiger partial charge in [-0.2, -0.15) is 4.98 Å². The van der Waals surface area contributed by atoms with E-state index in [2.05, 4.69) is 39.7 Å². The third-order valence-electron chi connectivity index (χ3n) is 4.53. The zero-order valence-electron chi connectivity index (χ0n) is 14.9. The highest BCUT2D eigenvalue weighted by atomic mass is 16.4. The Morgan fingerprint density at radius 3 is 2.40 bits per heavy atom. The van der Waals surface area contributed by atoms with Crippen molar-refractivity contribution in [3.63, 3.8) is 0 Å². The van der Waals surface area contributed by atoms with Crippen molar-refractivity contribution in [2.45, 2.75) is 26.7 Å². The SMILES string of the molecule is Cc1cc(N2CCN(c3nc4ccccc4o3)CC2)nc(C(C)C)n1. The summed E-state index contributed by atoms with van der Waals surface area (Å²) in [6.07, 6.45) is 0. The van der Waals surface area contributed by atoms with Crippen LogP contribution in [0.5, 0.6) is 0 Å². The number of anilines is 2. The Morgan fingerprint density at radius 2 is 1.68 bits per heavy atom. The molecule has 6 nitrogen and oxygen atoms in total. The first-order valence-corrected chi connectivity index (χ1v) is 8.81. The minimum Gasteiger partial charge on any atom is -0.423 e. The van der Waals surface area contributed by atoms with Crippen molar-refractivity contribution in [3.8, 4) is 0 Å². The molecular formula is C19H23N5O. The van der Waals surface area contributed by atoms with Crippen molar-refractivity contribution in [2.24, 2.45) is 0 Å². The van der Waals surface area contributed by atoms with Crippen LogP contribution in [0.4, 0.5) is 11.8 Å². The highest BCUT2D eigenvalue weighted by Gasteiger charge is 2.22. The fourth-order valence-electron chi connectivity index (χ4n) is 3.12. The summed E-state index contributed by atoms with van der Waals surface area (Å²) >= 11 is 0. The van der Waals surface area contributed by atoms with Crippen molar-refractivity contribution in [2.75, 3.05) is 36.0 Å². The summed E-state index contributed by atoms with van der Waals surface area (Å²) in [6.45, 7) is 9.82. The van der Waals surface area contributed by atoms with E-state index in [4.69, 9.17) is 9.40 Å². The van der Waals surface area contributed by atoms with Crippen LogP contribution in [0.15, 0.2) is 34.7 Å². The molecule has 0 amide bonds. The summed E-state index contributed by atoms with van der Waals surface area (Å²) in [6, 6.07) is 10.7. The second kappa shape index (κ2) is 6.35. The second-order valence-electron chi connectivity index (χ2n) is 6.82. The zero-order valence-corrected chi connectivity index (χ0v) is 14.9. The summed E-state index contributed by atoms with van der Waals surface area (Å²) in [7, 11) is 0. The zero-order chi connectivity index (χ0) is 17.4. The molecule has 0 bridgehead atoms. The Hall–Kier alpha value is -2.63. The fraction of sp³-hybridized carbons (Fsp3) is 0.421.